The third kappa shape index (κ3) is 3.23. The van der Waals surface area contributed by atoms with Crippen molar-refractivity contribution in [3.63, 3.8) is 0 Å². The Labute approximate surface area is 128 Å². The van der Waals surface area contributed by atoms with Crippen molar-refractivity contribution in [3.05, 3.63) is 60.8 Å². The van der Waals surface area contributed by atoms with Gasteiger partial charge < -0.3 is 15.4 Å². The van der Waals surface area contributed by atoms with E-state index in [0.717, 1.165) is 16.1 Å². The van der Waals surface area contributed by atoms with Gasteiger partial charge >= 0.3 is 0 Å². The van der Waals surface area contributed by atoms with Crippen molar-refractivity contribution >= 4 is 28.4 Å². The van der Waals surface area contributed by atoms with Crippen molar-refractivity contribution in [2.24, 2.45) is 0 Å². The number of rotatable bonds is 5. The first-order valence-electron chi connectivity index (χ1n) is 6.93. The molecule has 3 N–H and O–H groups in total. The van der Waals surface area contributed by atoms with Gasteiger partial charge in [0, 0.05) is 34.6 Å². The fourth-order valence-corrected chi connectivity index (χ4v) is 3.26. The lowest BCUT2D eigenvalue weighted by atomic mass is 10.2. The Morgan fingerprint density at radius 3 is 2.67 bits per heavy atom. The van der Waals surface area contributed by atoms with Crippen LogP contribution in [0.5, 0.6) is 0 Å². The minimum atomic E-state index is -0.412. The van der Waals surface area contributed by atoms with Crippen LogP contribution in [0.1, 0.15) is 0 Å². The van der Waals surface area contributed by atoms with Crippen LogP contribution in [-0.2, 0) is 6.54 Å². The number of aliphatic hydroxyl groups excluding tert-OH is 1. The number of para-hydroxylation sites is 2. The molecular formula is C17H18N2OS. The Morgan fingerprint density at radius 1 is 1.05 bits per heavy atom. The minimum Gasteiger partial charge on any atom is -0.398 e. The number of nitrogens with zero attached hydrogens (tertiary/aromatic N) is 1. The second-order valence-corrected chi connectivity index (χ2v) is 6.09. The van der Waals surface area contributed by atoms with E-state index in [0.29, 0.717) is 12.3 Å². The highest BCUT2D eigenvalue weighted by Crippen LogP contribution is 2.25. The molecule has 108 valence electrons. The molecule has 0 fully saturated rings. The molecule has 0 bridgehead atoms. The number of nitrogen functional groups attached to an aromatic ring is 1. The molecule has 3 rings (SSSR count). The average molecular weight is 298 g/mol. The summed E-state index contributed by atoms with van der Waals surface area (Å²) in [6.45, 7) is 0.591. The Morgan fingerprint density at radius 2 is 1.81 bits per heavy atom. The van der Waals surface area contributed by atoms with Crippen LogP contribution in [0.4, 0.5) is 5.69 Å². The minimum absolute atomic E-state index is 0.412. The van der Waals surface area contributed by atoms with Crippen LogP contribution in [0.3, 0.4) is 0 Å². The summed E-state index contributed by atoms with van der Waals surface area (Å²) in [7, 11) is 0. The van der Waals surface area contributed by atoms with Crippen molar-refractivity contribution in [1.82, 2.24) is 4.57 Å². The molecule has 2 aromatic carbocycles. The van der Waals surface area contributed by atoms with Gasteiger partial charge in [-0.3, -0.25) is 0 Å². The summed E-state index contributed by atoms with van der Waals surface area (Å²) in [5.74, 6) is 0.626. The van der Waals surface area contributed by atoms with Gasteiger partial charge in [0.1, 0.15) is 0 Å². The lowest BCUT2D eigenvalue weighted by molar-refractivity contribution is 0.180. The third-order valence-corrected chi connectivity index (χ3v) is 4.67. The van der Waals surface area contributed by atoms with Crippen LogP contribution in [0, 0.1) is 0 Å². The summed E-state index contributed by atoms with van der Waals surface area (Å²) in [5, 5.41) is 11.4. The van der Waals surface area contributed by atoms with Gasteiger partial charge in [0.2, 0.25) is 0 Å². The topological polar surface area (TPSA) is 51.2 Å². The molecule has 0 saturated heterocycles. The zero-order valence-electron chi connectivity index (χ0n) is 11.6. The van der Waals surface area contributed by atoms with Crippen molar-refractivity contribution in [2.75, 3.05) is 11.5 Å². The van der Waals surface area contributed by atoms with E-state index in [9.17, 15) is 5.11 Å². The van der Waals surface area contributed by atoms with Crippen molar-refractivity contribution < 1.29 is 5.11 Å². The van der Waals surface area contributed by atoms with Gasteiger partial charge in [-0.05, 0) is 29.7 Å². The Bertz CT molecular complexity index is 738. The van der Waals surface area contributed by atoms with Gasteiger partial charge in [0.05, 0.1) is 6.10 Å². The zero-order valence-corrected chi connectivity index (χ0v) is 12.5. The first kappa shape index (κ1) is 14.0. The molecule has 3 aromatic rings. The highest BCUT2D eigenvalue weighted by atomic mass is 32.2. The number of anilines is 1. The summed E-state index contributed by atoms with van der Waals surface area (Å²) in [4.78, 5) is 1.02. The molecule has 3 nitrogen and oxygen atoms in total. The smallest absolute Gasteiger partial charge is 0.0812 e. The lowest BCUT2D eigenvalue weighted by Crippen LogP contribution is -2.17. The second-order valence-electron chi connectivity index (χ2n) is 5.03. The number of aromatic nitrogens is 1. The largest absolute Gasteiger partial charge is 0.398 e. The van der Waals surface area contributed by atoms with E-state index in [-0.39, 0.29) is 0 Å². The van der Waals surface area contributed by atoms with E-state index in [1.807, 2.05) is 42.6 Å². The number of fused-ring (bicyclic) bond motifs is 1. The summed E-state index contributed by atoms with van der Waals surface area (Å²) in [6.07, 6.45) is 1.61. The Kier molecular flexibility index (Phi) is 4.18. The maximum absolute atomic E-state index is 10.3. The number of thioether (sulfide) groups is 1. The molecular weight excluding hydrogens is 280 g/mol. The fraction of sp³-hybridized carbons (Fsp3) is 0.176. The fourth-order valence-electron chi connectivity index (χ4n) is 2.38. The lowest BCUT2D eigenvalue weighted by Gasteiger charge is -2.13. The number of hydrogen-bond donors (Lipinski definition) is 2. The summed E-state index contributed by atoms with van der Waals surface area (Å²) in [6, 6.07) is 18.0. The molecule has 4 heteroatoms. The summed E-state index contributed by atoms with van der Waals surface area (Å²) < 4.78 is 2.09. The molecule has 0 radical (unpaired) electrons. The number of aliphatic hydroxyl groups is 1. The van der Waals surface area contributed by atoms with Crippen LogP contribution in [-0.4, -0.2) is 21.5 Å². The molecule has 0 spiro atoms. The van der Waals surface area contributed by atoms with E-state index in [1.54, 1.807) is 11.8 Å². The molecule has 0 amide bonds. The predicted octanol–water partition coefficient (Wildman–Crippen LogP) is 3.38. The van der Waals surface area contributed by atoms with Crippen LogP contribution < -0.4 is 5.73 Å². The maximum atomic E-state index is 10.3. The molecule has 1 aromatic heterocycles. The van der Waals surface area contributed by atoms with E-state index >= 15 is 0 Å². The number of nitrogens with two attached hydrogens (primary N) is 1. The van der Waals surface area contributed by atoms with E-state index in [4.69, 9.17) is 5.73 Å². The second kappa shape index (κ2) is 6.24. The normalized spacial score (nSPS) is 12.6. The van der Waals surface area contributed by atoms with E-state index in [1.165, 1.54) is 5.39 Å². The van der Waals surface area contributed by atoms with E-state index < -0.39 is 6.10 Å². The molecule has 0 aliphatic heterocycles. The van der Waals surface area contributed by atoms with Gasteiger partial charge in [-0.2, -0.15) is 0 Å². The third-order valence-electron chi connectivity index (χ3n) is 3.44. The molecule has 0 aliphatic carbocycles. The highest BCUT2D eigenvalue weighted by Gasteiger charge is 2.09. The SMILES string of the molecule is Nc1ccccc1SC[C@H](O)Cn1ccc2ccccc21. The quantitative estimate of drug-likeness (QED) is 0.561. The molecule has 1 atom stereocenters. The van der Waals surface area contributed by atoms with Gasteiger partial charge in [0.15, 0.2) is 0 Å². The molecule has 0 unspecified atom stereocenters. The predicted molar refractivity (Wildman–Crippen MR) is 89.5 cm³/mol. The van der Waals surface area contributed by atoms with Gasteiger partial charge in [-0.15, -0.1) is 11.8 Å². The number of hydrogen-bond acceptors (Lipinski definition) is 3. The average Bonchev–Trinajstić information content (AvgIpc) is 2.90. The first-order chi connectivity index (χ1) is 10.2. The van der Waals surface area contributed by atoms with Crippen LogP contribution in [0.2, 0.25) is 0 Å². The van der Waals surface area contributed by atoms with Gasteiger partial charge in [-0.25, -0.2) is 0 Å². The summed E-state index contributed by atoms with van der Waals surface area (Å²) >= 11 is 1.59. The summed E-state index contributed by atoms with van der Waals surface area (Å²) in [5.41, 5.74) is 7.83. The van der Waals surface area contributed by atoms with Crippen molar-refractivity contribution in [3.8, 4) is 0 Å². The van der Waals surface area contributed by atoms with Crippen LogP contribution in [0.25, 0.3) is 10.9 Å². The van der Waals surface area contributed by atoms with Crippen LogP contribution >= 0.6 is 11.8 Å². The van der Waals surface area contributed by atoms with Crippen molar-refractivity contribution in [1.29, 1.82) is 0 Å². The Hall–Kier alpha value is -1.91. The molecule has 0 aliphatic rings. The van der Waals surface area contributed by atoms with Gasteiger partial charge in [-0.1, -0.05) is 30.3 Å². The molecule has 21 heavy (non-hydrogen) atoms. The molecule has 0 saturated carbocycles. The van der Waals surface area contributed by atoms with Crippen molar-refractivity contribution in [2.45, 2.75) is 17.5 Å². The highest BCUT2D eigenvalue weighted by molar-refractivity contribution is 7.99. The molecule has 1 heterocycles. The van der Waals surface area contributed by atoms with Gasteiger partial charge in [0.25, 0.3) is 0 Å². The standard InChI is InChI=1S/C17H18N2OS/c18-15-6-2-4-8-17(15)21-12-14(20)11-19-10-9-13-5-1-3-7-16(13)19/h1-10,14,20H,11-12,18H2/t14-/m1/s1. The first-order valence-corrected chi connectivity index (χ1v) is 7.92. The number of benzene rings is 2. The van der Waals surface area contributed by atoms with Crippen LogP contribution in [0.15, 0.2) is 65.7 Å². The monoisotopic (exact) mass is 298 g/mol. The maximum Gasteiger partial charge on any atom is 0.0812 e. The zero-order chi connectivity index (χ0) is 14.7. The Balaban J connectivity index is 1.64. The van der Waals surface area contributed by atoms with E-state index in [2.05, 4.69) is 22.8 Å².